The van der Waals surface area contributed by atoms with Gasteiger partial charge in [0.05, 0.1) is 27.0 Å². The Bertz CT molecular complexity index is 1370. The summed E-state index contributed by atoms with van der Waals surface area (Å²) in [7, 11) is 4.69. The summed E-state index contributed by atoms with van der Waals surface area (Å²) in [5.74, 6) is 2.96. The topological polar surface area (TPSA) is 118 Å². The van der Waals surface area contributed by atoms with Crippen molar-refractivity contribution in [3.05, 3.63) is 46.9 Å². The van der Waals surface area contributed by atoms with Gasteiger partial charge < -0.3 is 19.5 Å². The first-order chi connectivity index (χ1) is 15.9. The van der Waals surface area contributed by atoms with E-state index < -0.39 is 0 Å². The van der Waals surface area contributed by atoms with Crippen molar-refractivity contribution in [3.8, 4) is 23.1 Å². The molecule has 0 spiro atoms. The summed E-state index contributed by atoms with van der Waals surface area (Å²) in [5, 5.41) is 20.4. The van der Waals surface area contributed by atoms with Crippen LogP contribution in [0.3, 0.4) is 0 Å². The minimum atomic E-state index is -0.253. The molecule has 11 heteroatoms. The molecule has 170 valence electrons. The zero-order chi connectivity index (χ0) is 23.3. The Morgan fingerprint density at radius 2 is 1.73 bits per heavy atom. The lowest BCUT2D eigenvalue weighted by atomic mass is 9.85. The van der Waals surface area contributed by atoms with Crippen molar-refractivity contribution in [2.75, 3.05) is 26.6 Å². The van der Waals surface area contributed by atoms with Gasteiger partial charge in [0.2, 0.25) is 11.7 Å². The Labute approximate surface area is 189 Å². The van der Waals surface area contributed by atoms with Crippen molar-refractivity contribution < 1.29 is 19.0 Å². The number of aryl methyl sites for hydroxylation is 2. The van der Waals surface area contributed by atoms with Gasteiger partial charge >= 0.3 is 0 Å². The first-order valence-corrected chi connectivity index (χ1v) is 10.3. The van der Waals surface area contributed by atoms with E-state index in [-0.39, 0.29) is 18.2 Å². The largest absolute Gasteiger partial charge is 0.493 e. The maximum absolute atomic E-state index is 12.8. The summed E-state index contributed by atoms with van der Waals surface area (Å²) in [5.41, 5.74) is 3.19. The molecular formula is C22H23N7O4. The quantitative estimate of drug-likeness (QED) is 0.494. The van der Waals surface area contributed by atoms with Crippen LogP contribution < -0.4 is 19.5 Å². The number of ether oxygens (including phenoxy) is 3. The van der Waals surface area contributed by atoms with Gasteiger partial charge in [-0.3, -0.25) is 4.79 Å². The second kappa shape index (κ2) is 7.76. The lowest BCUT2D eigenvalue weighted by Gasteiger charge is -2.25. The van der Waals surface area contributed by atoms with Crippen LogP contribution in [-0.4, -0.2) is 56.8 Å². The van der Waals surface area contributed by atoms with Crippen molar-refractivity contribution >= 4 is 17.4 Å². The van der Waals surface area contributed by atoms with Crippen molar-refractivity contribution in [2.45, 2.75) is 26.2 Å². The van der Waals surface area contributed by atoms with Crippen LogP contribution in [0.1, 0.15) is 35.0 Å². The van der Waals surface area contributed by atoms with Gasteiger partial charge in [-0.15, -0.1) is 15.3 Å². The van der Waals surface area contributed by atoms with Crippen LogP contribution in [0, 0.1) is 13.8 Å². The normalized spacial score (nSPS) is 15.3. The number of aromatic nitrogens is 6. The fourth-order valence-corrected chi connectivity index (χ4v) is 4.30. The van der Waals surface area contributed by atoms with Gasteiger partial charge in [0.15, 0.2) is 28.8 Å². The predicted octanol–water partition coefficient (Wildman–Crippen LogP) is 2.43. The zero-order valence-electron chi connectivity index (χ0n) is 18.9. The van der Waals surface area contributed by atoms with E-state index in [4.69, 9.17) is 19.3 Å². The second-order valence-electron chi connectivity index (χ2n) is 7.73. The summed E-state index contributed by atoms with van der Waals surface area (Å²) >= 11 is 0. The maximum Gasteiger partial charge on any atom is 0.226 e. The highest BCUT2D eigenvalue weighted by Crippen LogP contribution is 2.45. The lowest BCUT2D eigenvalue weighted by Crippen LogP contribution is -2.25. The third-order valence-electron chi connectivity index (χ3n) is 5.81. The number of anilines is 1. The molecule has 5 rings (SSSR count). The van der Waals surface area contributed by atoms with E-state index in [9.17, 15) is 4.79 Å². The van der Waals surface area contributed by atoms with Gasteiger partial charge in [-0.2, -0.15) is 14.3 Å². The van der Waals surface area contributed by atoms with E-state index in [0.29, 0.717) is 40.4 Å². The lowest BCUT2D eigenvalue weighted by molar-refractivity contribution is -0.116. The maximum atomic E-state index is 12.8. The van der Waals surface area contributed by atoms with E-state index in [0.717, 1.165) is 16.8 Å². The number of hydrogen-bond donors (Lipinski definition) is 1. The molecule has 4 heterocycles. The Balaban J connectivity index is 1.67. The van der Waals surface area contributed by atoms with Crippen molar-refractivity contribution in [1.29, 1.82) is 0 Å². The minimum absolute atomic E-state index is 0.121. The molecule has 0 unspecified atom stereocenters. The van der Waals surface area contributed by atoms with Gasteiger partial charge in [0, 0.05) is 17.9 Å². The second-order valence-corrected chi connectivity index (χ2v) is 7.73. The fourth-order valence-electron chi connectivity index (χ4n) is 4.30. The number of carbonyl (C=O) groups is 1. The Morgan fingerprint density at radius 1 is 1.00 bits per heavy atom. The standard InChI is InChI=1S/C22H23N7O4/c1-11-20-14(13-8-15(31-3)21(33-5)16(9-13)32-4)10-19(30)23-22(20)29(26-11)18-7-6-17-25-24-12(2)28(17)27-18/h6-9,14H,10H2,1-5H3,(H,23,30)/t14-/m1/s1. The fraction of sp³-hybridized carbons (Fsp3) is 0.318. The highest BCUT2D eigenvalue weighted by atomic mass is 16.5. The number of fused-ring (bicyclic) bond motifs is 2. The van der Waals surface area contributed by atoms with E-state index in [1.54, 1.807) is 36.6 Å². The molecule has 1 N–H and O–H groups in total. The molecule has 1 aliphatic rings. The summed E-state index contributed by atoms with van der Waals surface area (Å²) in [6.45, 7) is 3.74. The molecular weight excluding hydrogens is 426 g/mol. The number of amides is 1. The summed E-state index contributed by atoms with van der Waals surface area (Å²) in [4.78, 5) is 12.8. The summed E-state index contributed by atoms with van der Waals surface area (Å²) < 4.78 is 19.8. The molecule has 0 radical (unpaired) electrons. The molecule has 1 aromatic carbocycles. The number of carbonyl (C=O) groups excluding carboxylic acids is 1. The molecule has 11 nitrogen and oxygen atoms in total. The SMILES string of the molecule is COc1cc([C@H]2CC(=O)Nc3c2c(C)nn3-c2ccc3nnc(C)n3n2)cc(OC)c1OC. The number of nitrogens with one attached hydrogen (secondary N) is 1. The van der Waals surface area contributed by atoms with Crippen molar-refractivity contribution in [3.63, 3.8) is 0 Å². The van der Waals surface area contributed by atoms with Crippen LogP contribution in [-0.2, 0) is 4.79 Å². The Kier molecular flexibility index (Phi) is 4.88. The summed E-state index contributed by atoms with van der Waals surface area (Å²) in [6, 6.07) is 7.35. The first-order valence-electron chi connectivity index (χ1n) is 10.3. The van der Waals surface area contributed by atoms with Gasteiger partial charge in [0.1, 0.15) is 5.82 Å². The molecule has 3 aromatic heterocycles. The average Bonchev–Trinajstić information content (AvgIpc) is 3.36. The Morgan fingerprint density at radius 3 is 2.39 bits per heavy atom. The third-order valence-corrected chi connectivity index (χ3v) is 5.81. The molecule has 4 aromatic rings. The number of nitrogens with zero attached hydrogens (tertiary/aromatic N) is 6. The number of hydrogen-bond acceptors (Lipinski definition) is 8. The van der Waals surface area contributed by atoms with Crippen LogP contribution in [0.4, 0.5) is 5.82 Å². The highest BCUT2D eigenvalue weighted by Gasteiger charge is 2.34. The molecule has 0 fully saturated rings. The molecule has 33 heavy (non-hydrogen) atoms. The van der Waals surface area contributed by atoms with Crippen LogP contribution in [0.15, 0.2) is 24.3 Å². The number of rotatable bonds is 5. The van der Waals surface area contributed by atoms with E-state index in [1.165, 1.54) is 0 Å². The monoisotopic (exact) mass is 449 g/mol. The Hall–Kier alpha value is -4.15. The molecule has 0 saturated carbocycles. The predicted molar refractivity (Wildman–Crippen MR) is 119 cm³/mol. The van der Waals surface area contributed by atoms with Gasteiger partial charge in [0.25, 0.3) is 0 Å². The van der Waals surface area contributed by atoms with Crippen LogP contribution in [0.2, 0.25) is 0 Å². The molecule has 0 bridgehead atoms. The van der Waals surface area contributed by atoms with Gasteiger partial charge in [-0.25, -0.2) is 0 Å². The van der Waals surface area contributed by atoms with E-state index in [2.05, 4.69) is 20.6 Å². The van der Waals surface area contributed by atoms with Crippen molar-refractivity contribution in [2.24, 2.45) is 0 Å². The van der Waals surface area contributed by atoms with Gasteiger partial charge in [-0.05, 0) is 43.7 Å². The average molecular weight is 449 g/mol. The van der Waals surface area contributed by atoms with Crippen LogP contribution in [0.5, 0.6) is 17.2 Å². The van der Waals surface area contributed by atoms with Crippen LogP contribution in [0.25, 0.3) is 11.5 Å². The van der Waals surface area contributed by atoms with Crippen LogP contribution >= 0.6 is 0 Å². The molecule has 1 atom stereocenters. The smallest absolute Gasteiger partial charge is 0.226 e. The molecule has 1 aliphatic heterocycles. The van der Waals surface area contributed by atoms with Crippen molar-refractivity contribution in [1.82, 2.24) is 29.6 Å². The van der Waals surface area contributed by atoms with Gasteiger partial charge in [-0.1, -0.05) is 0 Å². The third kappa shape index (κ3) is 3.23. The number of methoxy groups -OCH3 is 3. The zero-order valence-corrected chi connectivity index (χ0v) is 18.9. The molecule has 1 amide bonds. The highest BCUT2D eigenvalue weighted by molar-refractivity contribution is 5.95. The van der Waals surface area contributed by atoms with E-state index >= 15 is 0 Å². The minimum Gasteiger partial charge on any atom is -0.493 e. The summed E-state index contributed by atoms with van der Waals surface area (Å²) in [6.07, 6.45) is 0.259. The number of benzene rings is 1. The first kappa shape index (κ1) is 20.7. The van der Waals surface area contributed by atoms with E-state index in [1.807, 2.05) is 32.0 Å². The molecule has 0 saturated heterocycles. The molecule has 0 aliphatic carbocycles.